The van der Waals surface area contributed by atoms with E-state index in [1.54, 1.807) is 37.3 Å². The lowest BCUT2D eigenvalue weighted by Gasteiger charge is -2.15. The van der Waals surface area contributed by atoms with Gasteiger partial charge in [0.15, 0.2) is 11.5 Å². The number of hydrazone groups is 1. The van der Waals surface area contributed by atoms with Crippen LogP contribution in [-0.2, 0) is 11.4 Å². The van der Waals surface area contributed by atoms with E-state index in [9.17, 15) is 14.9 Å². The zero-order valence-corrected chi connectivity index (χ0v) is 19.9. The van der Waals surface area contributed by atoms with Gasteiger partial charge in [-0.25, -0.2) is 0 Å². The van der Waals surface area contributed by atoms with Crippen LogP contribution in [0, 0.1) is 10.1 Å². The Kier molecular flexibility index (Phi) is 7.12. The van der Waals surface area contributed by atoms with Crippen LogP contribution in [0.25, 0.3) is 6.08 Å². The van der Waals surface area contributed by atoms with Crippen LogP contribution in [0.5, 0.6) is 11.5 Å². The summed E-state index contributed by atoms with van der Waals surface area (Å²) in [6.07, 6.45) is 1.72. The lowest BCUT2D eigenvalue weighted by Crippen LogP contribution is -2.21. The zero-order valence-electron chi connectivity index (χ0n) is 19.1. The van der Waals surface area contributed by atoms with Crippen LogP contribution >= 0.6 is 11.6 Å². The van der Waals surface area contributed by atoms with Crippen LogP contribution in [0.4, 0.5) is 11.4 Å². The van der Waals surface area contributed by atoms with Crippen LogP contribution in [0.3, 0.4) is 0 Å². The van der Waals surface area contributed by atoms with E-state index in [0.29, 0.717) is 45.7 Å². The molecule has 0 radical (unpaired) electrons. The number of ether oxygens (including phenoxy) is 2. The Labute approximate surface area is 207 Å². The Morgan fingerprint density at radius 3 is 2.46 bits per heavy atom. The van der Waals surface area contributed by atoms with Gasteiger partial charge in [0, 0.05) is 12.1 Å². The number of hydrogen-bond acceptors (Lipinski definition) is 6. The van der Waals surface area contributed by atoms with Crippen LogP contribution in [0.1, 0.15) is 25.0 Å². The molecule has 9 heteroatoms. The summed E-state index contributed by atoms with van der Waals surface area (Å²) in [6.45, 7) is 4.15. The second kappa shape index (κ2) is 10.4. The second-order valence-corrected chi connectivity index (χ2v) is 8.08. The molecule has 0 unspecified atom stereocenters. The van der Waals surface area contributed by atoms with Crippen molar-refractivity contribution < 1.29 is 19.2 Å². The van der Waals surface area contributed by atoms with Gasteiger partial charge < -0.3 is 9.47 Å². The summed E-state index contributed by atoms with van der Waals surface area (Å²) < 4.78 is 11.7. The topological polar surface area (TPSA) is 94.3 Å². The Balaban J connectivity index is 1.58. The summed E-state index contributed by atoms with van der Waals surface area (Å²) in [5.41, 5.74) is 3.13. The van der Waals surface area contributed by atoms with Gasteiger partial charge in [0.05, 0.1) is 33.5 Å². The molecular weight excluding hydrogens is 470 g/mol. The van der Waals surface area contributed by atoms with E-state index in [2.05, 4.69) is 5.10 Å². The Bertz CT molecular complexity index is 1320. The number of halogens is 1. The normalized spacial score (nSPS) is 14.3. The molecule has 3 aromatic rings. The van der Waals surface area contributed by atoms with Gasteiger partial charge in [0.2, 0.25) is 0 Å². The minimum atomic E-state index is -0.456. The van der Waals surface area contributed by atoms with Crippen LogP contribution in [0.2, 0.25) is 5.02 Å². The molecular formula is C26H22ClN3O5. The van der Waals surface area contributed by atoms with Gasteiger partial charge in [-0.05, 0) is 67.4 Å². The standard InChI is InChI=1S/C26H22ClN3O5/c1-3-34-24-15-19(13-22-17(2)28-29(26(22)31)20-7-5-4-6-8-20)14-23(27)25(24)35-16-18-9-11-21(12-10-18)30(32)33/h4-15H,3,16H2,1-2H3. The second-order valence-electron chi connectivity index (χ2n) is 7.67. The number of non-ortho nitro benzene ring substituents is 1. The maximum absolute atomic E-state index is 13.0. The third-order valence-electron chi connectivity index (χ3n) is 5.24. The molecule has 0 spiro atoms. The van der Waals surface area contributed by atoms with Gasteiger partial charge >= 0.3 is 0 Å². The molecule has 0 saturated carbocycles. The van der Waals surface area contributed by atoms with Crippen molar-refractivity contribution in [2.24, 2.45) is 5.10 Å². The molecule has 0 aliphatic carbocycles. The highest BCUT2D eigenvalue weighted by molar-refractivity contribution is 6.33. The van der Waals surface area contributed by atoms with E-state index in [0.717, 1.165) is 5.56 Å². The van der Waals surface area contributed by atoms with Crippen molar-refractivity contribution in [3.63, 3.8) is 0 Å². The van der Waals surface area contributed by atoms with Crippen LogP contribution in [-0.4, -0.2) is 23.1 Å². The number of hydrogen-bond donors (Lipinski definition) is 0. The summed E-state index contributed by atoms with van der Waals surface area (Å²) in [7, 11) is 0. The van der Waals surface area contributed by atoms with Crippen molar-refractivity contribution in [2.75, 3.05) is 11.6 Å². The van der Waals surface area contributed by atoms with Gasteiger partial charge in [-0.2, -0.15) is 10.1 Å². The predicted molar refractivity (Wildman–Crippen MR) is 135 cm³/mol. The first kappa shape index (κ1) is 24.0. The highest BCUT2D eigenvalue weighted by atomic mass is 35.5. The molecule has 0 atom stereocenters. The number of nitro benzene ring substituents is 1. The molecule has 1 heterocycles. The van der Waals surface area contributed by atoms with Gasteiger partial charge in [-0.15, -0.1) is 0 Å². The van der Waals surface area contributed by atoms with Crippen molar-refractivity contribution in [3.05, 3.63) is 98.6 Å². The van der Waals surface area contributed by atoms with E-state index in [1.165, 1.54) is 17.1 Å². The van der Waals surface area contributed by atoms with Gasteiger partial charge in [0.25, 0.3) is 11.6 Å². The molecule has 3 aromatic carbocycles. The van der Waals surface area contributed by atoms with Crippen molar-refractivity contribution in [1.82, 2.24) is 0 Å². The van der Waals surface area contributed by atoms with Crippen molar-refractivity contribution in [1.29, 1.82) is 0 Å². The van der Waals surface area contributed by atoms with Crippen LogP contribution in [0.15, 0.2) is 77.4 Å². The van der Waals surface area contributed by atoms with E-state index in [-0.39, 0.29) is 18.2 Å². The number of rotatable bonds is 8. The van der Waals surface area contributed by atoms with E-state index < -0.39 is 4.92 Å². The monoisotopic (exact) mass is 491 g/mol. The summed E-state index contributed by atoms with van der Waals surface area (Å²) >= 11 is 6.54. The maximum Gasteiger partial charge on any atom is 0.280 e. The van der Waals surface area contributed by atoms with E-state index in [4.69, 9.17) is 21.1 Å². The average Bonchev–Trinajstić information content (AvgIpc) is 3.13. The number of para-hydroxylation sites is 1. The Morgan fingerprint density at radius 2 is 1.80 bits per heavy atom. The molecule has 0 N–H and O–H groups in total. The van der Waals surface area contributed by atoms with Gasteiger partial charge in [0.1, 0.15) is 6.61 Å². The molecule has 35 heavy (non-hydrogen) atoms. The van der Waals surface area contributed by atoms with Crippen molar-refractivity contribution in [3.8, 4) is 11.5 Å². The number of benzene rings is 3. The molecule has 0 bridgehead atoms. The first-order valence-electron chi connectivity index (χ1n) is 10.9. The summed E-state index contributed by atoms with van der Waals surface area (Å²) in [4.78, 5) is 23.4. The fraction of sp³-hybridized carbons (Fsp3) is 0.154. The van der Waals surface area contributed by atoms with E-state index >= 15 is 0 Å². The lowest BCUT2D eigenvalue weighted by atomic mass is 10.1. The predicted octanol–water partition coefficient (Wildman–Crippen LogP) is 6.03. The molecule has 1 aliphatic heterocycles. The molecule has 178 valence electrons. The first-order chi connectivity index (χ1) is 16.9. The number of carbonyl (C=O) groups is 1. The molecule has 1 aliphatic rings. The van der Waals surface area contributed by atoms with E-state index in [1.807, 2.05) is 37.3 Å². The summed E-state index contributed by atoms with van der Waals surface area (Å²) in [6, 6.07) is 18.7. The maximum atomic E-state index is 13.0. The number of anilines is 1. The Morgan fingerprint density at radius 1 is 1.09 bits per heavy atom. The fourth-order valence-corrected chi connectivity index (χ4v) is 3.81. The smallest absolute Gasteiger partial charge is 0.280 e. The third-order valence-corrected chi connectivity index (χ3v) is 5.52. The molecule has 0 aromatic heterocycles. The summed E-state index contributed by atoms with van der Waals surface area (Å²) in [5, 5.41) is 16.9. The third kappa shape index (κ3) is 5.33. The SMILES string of the molecule is CCOc1cc(C=C2C(=O)N(c3ccccc3)N=C2C)cc(Cl)c1OCc1ccc([N+](=O)[O-])cc1. The quantitative estimate of drug-likeness (QED) is 0.218. The molecule has 1 amide bonds. The number of nitro groups is 1. The number of carbonyl (C=O) groups excluding carboxylic acids is 1. The van der Waals surface area contributed by atoms with Crippen molar-refractivity contribution >= 4 is 40.7 Å². The molecule has 0 saturated heterocycles. The number of amides is 1. The van der Waals surface area contributed by atoms with Gasteiger partial charge in [-0.3, -0.25) is 14.9 Å². The minimum absolute atomic E-state index is 0.00491. The Hall–Kier alpha value is -4.17. The summed E-state index contributed by atoms with van der Waals surface area (Å²) in [5.74, 6) is 0.540. The van der Waals surface area contributed by atoms with Crippen molar-refractivity contribution in [2.45, 2.75) is 20.5 Å². The van der Waals surface area contributed by atoms with Gasteiger partial charge in [-0.1, -0.05) is 29.8 Å². The van der Waals surface area contributed by atoms with Crippen LogP contribution < -0.4 is 14.5 Å². The minimum Gasteiger partial charge on any atom is -0.490 e. The molecule has 4 rings (SSSR count). The first-order valence-corrected chi connectivity index (χ1v) is 11.2. The highest BCUT2D eigenvalue weighted by Crippen LogP contribution is 2.38. The fourth-order valence-electron chi connectivity index (χ4n) is 3.54. The zero-order chi connectivity index (χ0) is 24.9. The lowest BCUT2D eigenvalue weighted by molar-refractivity contribution is -0.384. The highest BCUT2D eigenvalue weighted by Gasteiger charge is 2.28. The number of nitrogens with zero attached hydrogens (tertiary/aromatic N) is 3. The molecule has 8 nitrogen and oxygen atoms in total. The largest absolute Gasteiger partial charge is 0.490 e. The molecule has 0 fully saturated rings. The average molecular weight is 492 g/mol.